The zero-order valence-electron chi connectivity index (χ0n) is 29.4. The van der Waals surface area contributed by atoms with Crippen LogP contribution in [-0.2, 0) is 0 Å². The van der Waals surface area contributed by atoms with Gasteiger partial charge in [0.25, 0.3) is 0 Å². The van der Waals surface area contributed by atoms with Crippen LogP contribution < -0.4 is 0 Å². The van der Waals surface area contributed by atoms with Crippen molar-refractivity contribution >= 4 is 64.9 Å². The van der Waals surface area contributed by atoms with Crippen LogP contribution in [0.1, 0.15) is 0 Å². The van der Waals surface area contributed by atoms with E-state index < -0.39 is 0 Å². The molecule has 0 fully saturated rings. The monoisotopic (exact) mass is 684 g/mol. The van der Waals surface area contributed by atoms with E-state index in [2.05, 4.69) is 194 Å². The van der Waals surface area contributed by atoms with Gasteiger partial charge >= 0.3 is 0 Å². The molecule has 0 spiro atoms. The fourth-order valence-corrected chi connectivity index (χ4v) is 8.33. The molecule has 11 rings (SSSR count). The topological polar surface area (TPSA) is 25.8 Å². The molecule has 2 nitrogen and oxygen atoms in total. The molecule has 2 aromatic heterocycles. The molecule has 0 N–H and O–H groups in total. The van der Waals surface area contributed by atoms with Gasteiger partial charge in [0.1, 0.15) is 0 Å². The van der Waals surface area contributed by atoms with Gasteiger partial charge in [-0.25, -0.2) is 9.97 Å². The van der Waals surface area contributed by atoms with Crippen LogP contribution in [0.4, 0.5) is 0 Å². The van der Waals surface area contributed by atoms with Crippen molar-refractivity contribution in [1.82, 2.24) is 9.97 Å². The molecule has 9 aromatic carbocycles. The van der Waals surface area contributed by atoms with Crippen LogP contribution in [0.3, 0.4) is 0 Å². The molecular formula is C52H32N2. The molecule has 2 heterocycles. The van der Waals surface area contributed by atoms with Crippen molar-refractivity contribution in [2.45, 2.75) is 0 Å². The average Bonchev–Trinajstić information content (AvgIpc) is 3.25. The highest BCUT2D eigenvalue weighted by atomic mass is 14.8. The van der Waals surface area contributed by atoms with Crippen LogP contribution in [0.15, 0.2) is 194 Å². The zero-order valence-corrected chi connectivity index (χ0v) is 29.4. The van der Waals surface area contributed by atoms with Crippen molar-refractivity contribution in [3.63, 3.8) is 0 Å². The molecule has 54 heavy (non-hydrogen) atoms. The SMILES string of the molecule is c1ccc(-c2cc(-c3ccc4c(ccc5ccccc54)c3)nc3c2ccc2c(-c4ccccc4)cc(-c4ccc5c(ccc6ccccc65)c4)nc23)cc1. The Kier molecular flexibility index (Phi) is 6.90. The summed E-state index contributed by atoms with van der Waals surface area (Å²) in [7, 11) is 0. The molecule has 0 aliphatic heterocycles. The molecule has 0 radical (unpaired) electrons. The number of fused-ring (bicyclic) bond motifs is 9. The van der Waals surface area contributed by atoms with Crippen LogP contribution in [-0.4, -0.2) is 9.97 Å². The maximum Gasteiger partial charge on any atom is 0.0978 e. The number of pyridine rings is 2. The van der Waals surface area contributed by atoms with Crippen LogP contribution in [0.2, 0.25) is 0 Å². The van der Waals surface area contributed by atoms with E-state index in [1.54, 1.807) is 0 Å². The smallest absolute Gasteiger partial charge is 0.0978 e. The quantitative estimate of drug-likeness (QED) is 0.172. The first-order valence-corrected chi connectivity index (χ1v) is 18.5. The van der Waals surface area contributed by atoms with Crippen molar-refractivity contribution in [1.29, 1.82) is 0 Å². The van der Waals surface area contributed by atoms with Gasteiger partial charge in [-0.1, -0.05) is 170 Å². The summed E-state index contributed by atoms with van der Waals surface area (Å²) >= 11 is 0. The average molecular weight is 685 g/mol. The van der Waals surface area contributed by atoms with Crippen molar-refractivity contribution in [3.8, 4) is 44.8 Å². The highest BCUT2D eigenvalue weighted by Crippen LogP contribution is 2.40. The molecular weight excluding hydrogens is 653 g/mol. The fraction of sp³-hybridized carbons (Fsp3) is 0. The molecule has 0 aliphatic carbocycles. The van der Waals surface area contributed by atoms with Crippen LogP contribution in [0.25, 0.3) is 110 Å². The normalized spacial score (nSPS) is 11.7. The number of hydrogen-bond donors (Lipinski definition) is 0. The summed E-state index contributed by atoms with van der Waals surface area (Å²) in [6, 6.07) is 69.8. The van der Waals surface area contributed by atoms with Gasteiger partial charge in [0.05, 0.1) is 22.4 Å². The minimum atomic E-state index is 0.897. The summed E-state index contributed by atoms with van der Waals surface area (Å²) < 4.78 is 0. The maximum atomic E-state index is 5.52. The number of aromatic nitrogens is 2. The molecule has 0 bridgehead atoms. The second-order valence-corrected chi connectivity index (χ2v) is 14.1. The van der Waals surface area contributed by atoms with Crippen LogP contribution in [0.5, 0.6) is 0 Å². The molecule has 11 aromatic rings. The lowest BCUT2D eigenvalue weighted by molar-refractivity contribution is 1.37. The molecule has 0 saturated heterocycles. The minimum absolute atomic E-state index is 0.897. The van der Waals surface area contributed by atoms with E-state index in [0.717, 1.165) is 66.6 Å². The Morgan fingerprint density at radius 3 is 1.07 bits per heavy atom. The number of hydrogen-bond acceptors (Lipinski definition) is 2. The molecule has 2 heteroatoms. The van der Waals surface area contributed by atoms with E-state index in [1.807, 2.05) is 0 Å². The van der Waals surface area contributed by atoms with E-state index in [4.69, 9.17) is 9.97 Å². The highest BCUT2D eigenvalue weighted by Gasteiger charge is 2.18. The third-order valence-electron chi connectivity index (χ3n) is 11.0. The number of rotatable bonds is 4. The third kappa shape index (κ3) is 4.96. The van der Waals surface area contributed by atoms with Gasteiger partial charge in [0, 0.05) is 21.9 Å². The molecule has 0 amide bonds. The van der Waals surface area contributed by atoms with Crippen molar-refractivity contribution in [2.24, 2.45) is 0 Å². The van der Waals surface area contributed by atoms with Gasteiger partial charge in [-0.15, -0.1) is 0 Å². The van der Waals surface area contributed by atoms with Gasteiger partial charge in [0.2, 0.25) is 0 Å². The lowest BCUT2D eigenvalue weighted by Gasteiger charge is -2.16. The van der Waals surface area contributed by atoms with Gasteiger partial charge in [-0.3, -0.25) is 0 Å². The van der Waals surface area contributed by atoms with E-state index in [-0.39, 0.29) is 0 Å². The van der Waals surface area contributed by atoms with E-state index in [0.29, 0.717) is 0 Å². The molecule has 0 unspecified atom stereocenters. The molecule has 0 aliphatic rings. The summed E-state index contributed by atoms with van der Waals surface area (Å²) in [5.41, 5.74) is 10.4. The molecule has 250 valence electrons. The molecule has 0 atom stereocenters. The standard InChI is InChI=1S/C52H32N2/c1-3-11-33(12-4-1)47-31-49(39-23-25-43-37(29-39)21-19-35-15-7-9-17-41(35)43)53-51-45(47)27-28-46-48(34-13-5-2-6-14-34)32-50(54-52(46)51)40-24-26-44-38(30-40)22-20-36-16-8-10-18-42(36)44/h1-32H. The predicted octanol–water partition coefficient (Wildman–Crippen LogP) is 14.1. The van der Waals surface area contributed by atoms with Crippen molar-refractivity contribution in [3.05, 3.63) is 194 Å². The van der Waals surface area contributed by atoms with Crippen molar-refractivity contribution in [2.75, 3.05) is 0 Å². The lowest BCUT2D eigenvalue weighted by atomic mass is 9.93. The summed E-state index contributed by atoms with van der Waals surface area (Å²) in [5.74, 6) is 0. The minimum Gasteiger partial charge on any atom is -0.245 e. The van der Waals surface area contributed by atoms with Gasteiger partial charge in [-0.05, 0) is 89.6 Å². The summed E-state index contributed by atoms with van der Waals surface area (Å²) in [4.78, 5) is 11.0. The largest absolute Gasteiger partial charge is 0.245 e. The Morgan fingerprint density at radius 2 is 0.611 bits per heavy atom. The number of benzene rings is 9. The first-order chi connectivity index (χ1) is 26.7. The van der Waals surface area contributed by atoms with Crippen molar-refractivity contribution < 1.29 is 0 Å². The Labute approximate surface area is 312 Å². The summed E-state index contributed by atoms with van der Waals surface area (Å²) in [5, 5.41) is 12.1. The van der Waals surface area contributed by atoms with Crippen LogP contribution >= 0.6 is 0 Å². The Balaban J connectivity index is 1.19. The second kappa shape index (κ2) is 12.2. The summed E-state index contributed by atoms with van der Waals surface area (Å²) in [6.07, 6.45) is 0. The lowest BCUT2D eigenvalue weighted by Crippen LogP contribution is -1.96. The molecule has 0 saturated carbocycles. The Bertz CT molecular complexity index is 3040. The van der Waals surface area contributed by atoms with Gasteiger partial charge in [-0.2, -0.15) is 0 Å². The third-order valence-corrected chi connectivity index (χ3v) is 11.0. The van der Waals surface area contributed by atoms with E-state index in [1.165, 1.54) is 43.1 Å². The summed E-state index contributed by atoms with van der Waals surface area (Å²) in [6.45, 7) is 0. The first-order valence-electron chi connectivity index (χ1n) is 18.5. The fourth-order valence-electron chi connectivity index (χ4n) is 8.33. The zero-order chi connectivity index (χ0) is 35.6. The Morgan fingerprint density at radius 1 is 0.241 bits per heavy atom. The van der Waals surface area contributed by atoms with Gasteiger partial charge < -0.3 is 0 Å². The Hall–Kier alpha value is -7.16. The van der Waals surface area contributed by atoms with Crippen LogP contribution in [0, 0.1) is 0 Å². The van der Waals surface area contributed by atoms with E-state index in [9.17, 15) is 0 Å². The van der Waals surface area contributed by atoms with E-state index >= 15 is 0 Å². The van der Waals surface area contributed by atoms with Gasteiger partial charge in [0.15, 0.2) is 0 Å². The predicted molar refractivity (Wildman–Crippen MR) is 229 cm³/mol. The number of nitrogens with zero attached hydrogens (tertiary/aromatic N) is 2. The maximum absolute atomic E-state index is 5.52. The second-order valence-electron chi connectivity index (χ2n) is 14.1. The first kappa shape index (κ1) is 30.5. The highest BCUT2D eigenvalue weighted by molar-refractivity contribution is 6.14.